The highest BCUT2D eigenvalue weighted by atomic mass is 32.2. The predicted molar refractivity (Wildman–Crippen MR) is 150 cm³/mol. The predicted octanol–water partition coefficient (Wildman–Crippen LogP) is 5.87. The number of methoxy groups -OCH3 is 1. The number of thioether (sulfide) groups is 1. The van der Waals surface area contributed by atoms with E-state index in [1.165, 1.54) is 18.9 Å². The standard InChI is InChI=1S/C29H30N2O5S/c1-35-16-27(32)30-24-15-20(21-6-4-7-23-22-5-2-3-8-26(22)36-29(21)23)9-10-25(24)31-13-11-19(12-14-31)17-37-18-28(33)34/h2-10,15,19H,11-14,16-18H2,1H3,(H,30,32)(H,33,34). The molecule has 0 atom stereocenters. The van der Waals surface area contributed by atoms with E-state index in [9.17, 15) is 9.59 Å². The Bertz CT molecular complexity index is 1420. The summed E-state index contributed by atoms with van der Waals surface area (Å²) in [5, 5.41) is 14.1. The lowest BCUT2D eigenvalue weighted by Crippen LogP contribution is -2.35. The van der Waals surface area contributed by atoms with Crippen LogP contribution < -0.4 is 10.2 Å². The maximum atomic E-state index is 12.5. The summed E-state index contributed by atoms with van der Waals surface area (Å²) >= 11 is 1.49. The van der Waals surface area contributed by atoms with E-state index in [4.69, 9.17) is 14.3 Å². The van der Waals surface area contributed by atoms with Gasteiger partial charge in [0.15, 0.2) is 0 Å². The normalized spacial score (nSPS) is 14.4. The van der Waals surface area contributed by atoms with Gasteiger partial charge in [-0.05, 0) is 48.3 Å². The monoisotopic (exact) mass is 518 g/mol. The number of furan rings is 1. The molecule has 0 aliphatic carbocycles. The quantitative estimate of drug-likeness (QED) is 0.286. The van der Waals surface area contributed by atoms with Crippen LogP contribution in [0.15, 0.2) is 65.1 Å². The number of hydrogen-bond donors (Lipinski definition) is 2. The van der Waals surface area contributed by atoms with Gasteiger partial charge in [-0.2, -0.15) is 0 Å². The van der Waals surface area contributed by atoms with Crippen molar-refractivity contribution >= 4 is 57.0 Å². The lowest BCUT2D eigenvalue weighted by Gasteiger charge is -2.34. The number of piperidine rings is 1. The minimum atomic E-state index is -0.766. The fourth-order valence-electron chi connectivity index (χ4n) is 5.02. The van der Waals surface area contributed by atoms with Crippen LogP contribution in [-0.2, 0) is 14.3 Å². The molecule has 3 aromatic carbocycles. The number of fused-ring (bicyclic) bond motifs is 3. The van der Waals surface area contributed by atoms with Gasteiger partial charge in [0.05, 0.1) is 17.1 Å². The molecule has 192 valence electrons. The second-order valence-electron chi connectivity index (χ2n) is 9.33. The van der Waals surface area contributed by atoms with Crippen LogP contribution in [0.3, 0.4) is 0 Å². The molecule has 1 saturated heterocycles. The molecule has 1 fully saturated rings. The molecular formula is C29H30N2O5S. The van der Waals surface area contributed by atoms with Crippen LogP contribution in [0.2, 0.25) is 0 Å². The van der Waals surface area contributed by atoms with Crippen molar-refractivity contribution in [3.63, 3.8) is 0 Å². The Morgan fingerprint density at radius 3 is 2.65 bits per heavy atom. The maximum Gasteiger partial charge on any atom is 0.313 e. The van der Waals surface area contributed by atoms with Crippen LogP contribution in [-0.4, -0.2) is 55.3 Å². The molecule has 2 heterocycles. The van der Waals surface area contributed by atoms with Gasteiger partial charge in [0.2, 0.25) is 5.91 Å². The summed E-state index contributed by atoms with van der Waals surface area (Å²) in [5.41, 5.74) is 5.32. The molecule has 0 bridgehead atoms. The number of anilines is 2. The van der Waals surface area contributed by atoms with Crippen LogP contribution in [0, 0.1) is 5.92 Å². The summed E-state index contributed by atoms with van der Waals surface area (Å²) in [6.45, 7) is 1.68. The SMILES string of the molecule is COCC(=O)Nc1cc(-c2cccc3c2oc2ccccc23)ccc1N1CCC(CSCC(=O)O)CC1. The van der Waals surface area contributed by atoms with Gasteiger partial charge < -0.3 is 24.5 Å². The first-order valence-electron chi connectivity index (χ1n) is 12.4. The number of ether oxygens (including phenoxy) is 1. The van der Waals surface area contributed by atoms with Crippen molar-refractivity contribution in [1.82, 2.24) is 0 Å². The van der Waals surface area contributed by atoms with Gasteiger partial charge in [0.1, 0.15) is 17.8 Å². The van der Waals surface area contributed by atoms with Crippen LogP contribution in [0.1, 0.15) is 12.8 Å². The molecule has 7 nitrogen and oxygen atoms in total. The third-order valence-electron chi connectivity index (χ3n) is 6.80. The van der Waals surface area contributed by atoms with E-state index in [0.29, 0.717) is 5.92 Å². The first-order chi connectivity index (χ1) is 18.0. The van der Waals surface area contributed by atoms with E-state index in [2.05, 4.69) is 34.5 Å². The molecule has 1 aromatic heterocycles. The topological polar surface area (TPSA) is 92.0 Å². The van der Waals surface area contributed by atoms with Crippen molar-refractivity contribution in [2.45, 2.75) is 12.8 Å². The number of carboxylic acid groups (broad SMARTS) is 1. The molecule has 0 spiro atoms. The zero-order valence-electron chi connectivity index (χ0n) is 20.7. The molecule has 0 unspecified atom stereocenters. The number of amides is 1. The Labute approximate surface area is 219 Å². The zero-order chi connectivity index (χ0) is 25.8. The Hall–Kier alpha value is -3.49. The van der Waals surface area contributed by atoms with Gasteiger partial charge in [-0.15, -0.1) is 11.8 Å². The molecule has 37 heavy (non-hydrogen) atoms. The molecular weight excluding hydrogens is 488 g/mol. The van der Waals surface area contributed by atoms with Crippen molar-refractivity contribution < 1.29 is 23.8 Å². The van der Waals surface area contributed by atoms with Crippen molar-refractivity contribution in [2.75, 3.05) is 48.5 Å². The number of hydrogen-bond acceptors (Lipinski definition) is 6. The highest BCUT2D eigenvalue weighted by Crippen LogP contribution is 2.39. The Morgan fingerprint density at radius 1 is 1.08 bits per heavy atom. The number of nitrogens with one attached hydrogen (secondary N) is 1. The van der Waals surface area contributed by atoms with Crippen LogP contribution in [0.4, 0.5) is 11.4 Å². The fourth-order valence-corrected chi connectivity index (χ4v) is 5.98. The summed E-state index contributed by atoms with van der Waals surface area (Å²) in [7, 11) is 1.51. The van der Waals surface area contributed by atoms with Gasteiger partial charge in [-0.25, -0.2) is 0 Å². The summed E-state index contributed by atoms with van der Waals surface area (Å²) < 4.78 is 11.3. The Morgan fingerprint density at radius 2 is 1.86 bits per heavy atom. The van der Waals surface area contributed by atoms with Gasteiger partial charge in [0.25, 0.3) is 0 Å². The zero-order valence-corrected chi connectivity index (χ0v) is 21.6. The molecule has 5 rings (SSSR count). The highest BCUT2D eigenvalue weighted by Gasteiger charge is 2.23. The third-order valence-corrected chi connectivity index (χ3v) is 7.95. The van der Waals surface area contributed by atoms with E-state index in [1.54, 1.807) is 0 Å². The number of para-hydroxylation sites is 2. The van der Waals surface area contributed by atoms with Crippen LogP contribution in [0.25, 0.3) is 33.1 Å². The average Bonchev–Trinajstić information content (AvgIpc) is 3.28. The van der Waals surface area contributed by atoms with E-state index in [-0.39, 0.29) is 18.3 Å². The van der Waals surface area contributed by atoms with E-state index in [1.807, 2.05) is 36.4 Å². The number of carbonyl (C=O) groups is 2. The lowest BCUT2D eigenvalue weighted by atomic mass is 9.97. The molecule has 1 aliphatic rings. The minimum Gasteiger partial charge on any atom is -0.481 e. The number of benzene rings is 3. The van der Waals surface area contributed by atoms with Crippen molar-refractivity contribution in [1.29, 1.82) is 0 Å². The first kappa shape index (κ1) is 25.2. The molecule has 0 radical (unpaired) electrons. The van der Waals surface area contributed by atoms with Crippen molar-refractivity contribution in [3.05, 3.63) is 60.7 Å². The summed E-state index contributed by atoms with van der Waals surface area (Å²) in [6.07, 6.45) is 1.97. The van der Waals surface area contributed by atoms with Crippen molar-refractivity contribution in [2.24, 2.45) is 5.92 Å². The highest BCUT2D eigenvalue weighted by molar-refractivity contribution is 7.99. The first-order valence-corrected chi connectivity index (χ1v) is 13.6. The minimum absolute atomic E-state index is 0.0221. The number of carboxylic acids is 1. The van der Waals surface area contributed by atoms with Crippen LogP contribution in [0.5, 0.6) is 0 Å². The maximum absolute atomic E-state index is 12.5. The van der Waals surface area contributed by atoms with E-state index >= 15 is 0 Å². The van der Waals surface area contributed by atoms with Gasteiger partial charge >= 0.3 is 5.97 Å². The molecule has 1 aliphatic heterocycles. The second-order valence-corrected chi connectivity index (χ2v) is 10.4. The van der Waals surface area contributed by atoms with E-state index < -0.39 is 5.97 Å². The second kappa shape index (κ2) is 11.3. The van der Waals surface area contributed by atoms with E-state index in [0.717, 1.165) is 76.1 Å². The van der Waals surface area contributed by atoms with Gasteiger partial charge in [-0.1, -0.05) is 42.5 Å². The number of rotatable bonds is 9. The molecule has 0 saturated carbocycles. The Balaban J connectivity index is 1.44. The number of nitrogens with zero attached hydrogens (tertiary/aromatic N) is 1. The fraction of sp³-hybridized carbons (Fsp3) is 0.310. The summed E-state index contributed by atoms with van der Waals surface area (Å²) in [4.78, 5) is 25.6. The largest absolute Gasteiger partial charge is 0.481 e. The smallest absolute Gasteiger partial charge is 0.313 e. The lowest BCUT2D eigenvalue weighted by molar-refractivity contribution is -0.133. The number of carbonyl (C=O) groups excluding carboxylic acids is 1. The molecule has 8 heteroatoms. The Kier molecular flexibility index (Phi) is 7.67. The van der Waals surface area contributed by atoms with Gasteiger partial charge in [-0.3, -0.25) is 9.59 Å². The summed E-state index contributed by atoms with van der Waals surface area (Å²) in [6, 6.07) is 20.3. The van der Waals surface area contributed by atoms with Crippen LogP contribution >= 0.6 is 11.8 Å². The molecule has 4 aromatic rings. The van der Waals surface area contributed by atoms with Gasteiger partial charge in [0, 0.05) is 36.5 Å². The number of aliphatic carboxylic acids is 1. The third kappa shape index (κ3) is 5.60. The molecule has 1 amide bonds. The molecule has 2 N–H and O–H groups in total. The van der Waals surface area contributed by atoms with Crippen molar-refractivity contribution in [3.8, 4) is 11.1 Å². The summed E-state index contributed by atoms with van der Waals surface area (Å²) in [5.74, 6) is 0.532. The average molecular weight is 519 g/mol.